The number of hydrogen-bond donors (Lipinski definition) is 2. The SMILES string of the molecule is O=C1CN(Cc2ccccc2)Cc2c(cccc2C(=O)N2CCN(CCO)CC2)OCCCCCN1. The van der Waals surface area contributed by atoms with Crippen LogP contribution >= 0.6 is 0 Å². The largest absolute Gasteiger partial charge is 0.493 e. The quantitative estimate of drug-likeness (QED) is 0.663. The second-order valence-electron chi connectivity index (χ2n) is 9.53. The standard InChI is InChI=1S/C28H38N4O4/c33-18-17-30-13-15-32(16-14-30)28(35)24-10-7-11-26-25(24)21-31(20-23-8-3-1-4-9-23)22-27(34)29-12-5-2-6-19-36-26/h1,3-4,7-11,33H,2,5-6,12-22H2,(H,29,34). The molecule has 2 amide bonds. The fourth-order valence-electron chi connectivity index (χ4n) is 4.86. The van der Waals surface area contributed by atoms with Gasteiger partial charge < -0.3 is 20.1 Å². The lowest BCUT2D eigenvalue weighted by atomic mass is 10.0. The first-order valence-corrected chi connectivity index (χ1v) is 13.0. The number of aliphatic hydroxyl groups is 1. The van der Waals surface area contributed by atoms with Crippen LogP contribution in [0, 0.1) is 0 Å². The average Bonchev–Trinajstić information content (AvgIpc) is 2.90. The molecule has 0 spiro atoms. The second-order valence-corrected chi connectivity index (χ2v) is 9.53. The molecule has 1 saturated heterocycles. The van der Waals surface area contributed by atoms with Crippen molar-refractivity contribution in [3.63, 3.8) is 0 Å². The Kier molecular flexibility index (Phi) is 9.72. The van der Waals surface area contributed by atoms with Crippen LogP contribution in [0.4, 0.5) is 0 Å². The molecule has 36 heavy (non-hydrogen) atoms. The fraction of sp³-hybridized carbons (Fsp3) is 0.500. The molecule has 8 nitrogen and oxygen atoms in total. The number of fused-ring (bicyclic) bond motifs is 1. The van der Waals surface area contributed by atoms with Crippen molar-refractivity contribution in [1.29, 1.82) is 0 Å². The predicted molar refractivity (Wildman–Crippen MR) is 139 cm³/mol. The summed E-state index contributed by atoms with van der Waals surface area (Å²) in [6.45, 7) is 6.02. The van der Waals surface area contributed by atoms with Crippen LogP contribution in [0.15, 0.2) is 48.5 Å². The minimum atomic E-state index is -0.00692. The molecule has 194 valence electrons. The summed E-state index contributed by atoms with van der Waals surface area (Å²) in [5.41, 5.74) is 2.58. The van der Waals surface area contributed by atoms with Gasteiger partial charge in [-0.15, -0.1) is 0 Å². The van der Waals surface area contributed by atoms with Gasteiger partial charge in [0, 0.05) is 63.5 Å². The van der Waals surface area contributed by atoms with Gasteiger partial charge >= 0.3 is 0 Å². The van der Waals surface area contributed by atoms with Crippen LogP contribution in [0.2, 0.25) is 0 Å². The molecule has 1 fully saturated rings. The van der Waals surface area contributed by atoms with E-state index < -0.39 is 0 Å². The van der Waals surface area contributed by atoms with Gasteiger partial charge in [-0.05, 0) is 37.0 Å². The highest BCUT2D eigenvalue weighted by Crippen LogP contribution is 2.27. The maximum Gasteiger partial charge on any atom is 0.254 e. The zero-order chi connectivity index (χ0) is 25.2. The molecule has 2 aromatic carbocycles. The molecule has 0 bridgehead atoms. The lowest BCUT2D eigenvalue weighted by Crippen LogP contribution is -2.49. The maximum absolute atomic E-state index is 13.7. The Morgan fingerprint density at radius 3 is 2.50 bits per heavy atom. The third-order valence-corrected chi connectivity index (χ3v) is 6.84. The molecular formula is C28H38N4O4. The number of β-amino-alcohol motifs (C(OH)–C–C–N with tert-alkyl or cyclic N) is 1. The van der Waals surface area contributed by atoms with Crippen molar-refractivity contribution in [1.82, 2.24) is 20.0 Å². The van der Waals surface area contributed by atoms with Crippen LogP contribution in [-0.4, -0.2) is 90.6 Å². The van der Waals surface area contributed by atoms with E-state index in [9.17, 15) is 14.7 Å². The lowest BCUT2D eigenvalue weighted by Gasteiger charge is -2.35. The van der Waals surface area contributed by atoms with E-state index >= 15 is 0 Å². The van der Waals surface area contributed by atoms with Crippen LogP contribution < -0.4 is 10.1 Å². The third kappa shape index (κ3) is 7.29. The van der Waals surface area contributed by atoms with E-state index in [-0.39, 0.29) is 25.0 Å². The molecule has 2 aliphatic rings. The maximum atomic E-state index is 13.7. The summed E-state index contributed by atoms with van der Waals surface area (Å²) < 4.78 is 6.21. The van der Waals surface area contributed by atoms with Gasteiger partial charge in [-0.25, -0.2) is 0 Å². The molecule has 8 heteroatoms. The molecule has 2 aliphatic heterocycles. The Bertz CT molecular complexity index is 992. The van der Waals surface area contributed by atoms with Gasteiger partial charge in [0.15, 0.2) is 0 Å². The summed E-state index contributed by atoms with van der Waals surface area (Å²) in [4.78, 5) is 32.6. The van der Waals surface area contributed by atoms with Gasteiger partial charge in [0.05, 0.1) is 19.8 Å². The molecular weight excluding hydrogens is 456 g/mol. The molecule has 4 rings (SSSR count). The van der Waals surface area contributed by atoms with E-state index in [0.717, 1.165) is 49.2 Å². The zero-order valence-corrected chi connectivity index (χ0v) is 21.0. The van der Waals surface area contributed by atoms with Crippen molar-refractivity contribution in [2.45, 2.75) is 32.4 Å². The molecule has 2 N–H and O–H groups in total. The second kappa shape index (κ2) is 13.4. The number of nitrogens with one attached hydrogen (secondary N) is 1. The van der Waals surface area contributed by atoms with Gasteiger partial charge in [0.1, 0.15) is 5.75 Å². The summed E-state index contributed by atoms with van der Waals surface area (Å²) in [6, 6.07) is 15.8. The highest BCUT2D eigenvalue weighted by molar-refractivity contribution is 5.96. The predicted octanol–water partition coefficient (Wildman–Crippen LogP) is 2.12. The minimum absolute atomic E-state index is 0.00328. The number of nitrogens with zero attached hydrogens (tertiary/aromatic N) is 3. The first-order valence-electron chi connectivity index (χ1n) is 13.0. The van der Waals surface area contributed by atoms with Crippen LogP contribution in [0.5, 0.6) is 5.75 Å². The van der Waals surface area contributed by atoms with E-state index in [0.29, 0.717) is 51.4 Å². The van der Waals surface area contributed by atoms with E-state index in [2.05, 4.69) is 27.2 Å². The van der Waals surface area contributed by atoms with Crippen molar-refractivity contribution in [2.75, 3.05) is 59.0 Å². The summed E-state index contributed by atoms with van der Waals surface area (Å²) in [5, 5.41) is 12.3. The van der Waals surface area contributed by atoms with Crippen molar-refractivity contribution in [3.8, 4) is 5.75 Å². The molecule has 0 saturated carbocycles. The smallest absolute Gasteiger partial charge is 0.254 e. The Labute approximate surface area is 213 Å². The van der Waals surface area contributed by atoms with Gasteiger partial charge in [0.2, 0.25) is 5.91 Å². The normalized spacial score (nSPS) is 18.7. The Morgan fingerprint density at radius 2 is 1.72 bits per heavy atom. The van der Waals surface area contributed by atoms with E-state index in [1.165, 1.54) is 0 Å². The summed E-state index contributed by atoms with van der Waals surface area (Å²) >= 11 is 0. The van der Waals surface area contributed by atoms with Gasteiger partial charge in [0.25, 0.3) is 5.91 Å². The lowest BCUT2D eigenvalue weighted by molar-refractivity contribution is -0.122. The van der Waals surface area contributed by atoms with E-state index in [1.807, 2.05) is 41.3 Å². The molecule has 0 radical (unpaired) electrons. The van der Waals surface area contributed by atoms with Crippen molar-refractivity contribution in [2.24, 2.45) is 0 Å². The Hall–Kier alpha value is -2.94. The Morgan fingerprint density at radius 1 is 0.917 bits per heavy atom. The first kappa shape index (κ1) is 26.1. The van der Waals surface area contributed by atoms with E-state index in [1.54, 1.807) is 0 Å². The van der Waals surface area contributed by atoms with Gasteiger partial charge in [-0.3, -0.25) is 19.4 Å². The number of benzene rings is 2. The minimum Gasteiger partial charge on any atom is -0.493 e. The number of carbonyl (C=O) groups excluding carboxylic acids is 2. The number of aliphatic hydroxyl groups excluding tert-OH is 1. The van der Waals surface area contributed by atoms with Gasteiger partial charge in [-0.2, -0.15) is 0 Å². The van der Waals surface area contributed by atoms with Crippen molar-refractivity contribution < 1.29 is 19.4 Å². The van der Waals surface area contributed by atoms with Gasteiger partial charge in [-0.1, -0.05) is 36.4 Å². The molecule has 0 aromatic heterocycles. The summed E-state index contributed by atoms with van der Waals surface area (Å²) in [7, 11) is 0. The van der Waals surface area contributed by atoms with Crippen LogP contribution in [-0.2, 0) is 17.9 Å². The monoisotopic (exact) mass is 494 g/mol. The van der Waals surface area contributed by atoms with Crippen molar-refractivity contribution >= 4 is 11.8 Å². The Balaban J connectivity index is 1.61. The van der Waals surface area contributed by atoms with Crippen LogP contribution in [0.3, 0.4) is 0 Å². The topological polar surface area (TPSA) is 85.4 Å². The number of rotatable bonds is 5. The highest BCUT2D eigenvalue weighted by atomic mass is 16.5. The molecule has 2 heterocycles. The fourth-order valence-corrected chi connectivity index (χ4v) is 4.86. The third-order valence-electron chi connectivity index (χ3n) is 6.84. The molecule has 2 aromatic rings. The zero-order valence-electron chi connectivity index (χ0n) is 21.0. The number of hydrogen-bond acceptors (Lipinski definition) is 6. The number of ether oxygens (including phenoxy) is 1. The number of amides is 2. The highest BCUT2D eigenvalue weighted by Gasteiger charge is 2.26. The number of piperazine rings is 1. The first-order chi connectivity index (χ1) is 17.6. The average molecular weight is 495 g/mol. The molecule has 0 atom stereocenters. The van der Waals surface area contributed by atoms with Crippen LogP contribution in [0.1, 0.15) is 40.7 Å². The summed E-state index contributed by atoms with van der Waals surface area (Å²) in [6.07, 6.45) is 2.79. The molecule has 0 unspecified atom stereocenters. The number of carbonyl (C=O) groups is 2. The van der Waals surface area contributed by atoms with Crippen LogP contribution in [0.25, 0.3) is 0 Å². The summed E-state index contributed by atoms with van der Waals surface area (Å²) in [5.74, 6) is 0.710. The van der Waals surface area contributed by atoms with Crippen molar-refractivity contribution in [3.05, 3.63) is 65.2 Å². The molecule has 0 aliphatic carbocycles. The van der Waals surface area contributed by atoms with E-state index in [4.69, 9.17) is 4.74 Å².